The second-order valence-electron chi connectivity index (χ2n) is 2.35. The van der Waals surface area contributed by atoms with Gasteiger partial charge >= 0.3 is 5.97 Å². The minimum atomic E-state index is -0.965. The standard InChI is InChI=1S/C8H6BrFO2/c9-6-1-5(3-8(11)12)2-7(10)4-6/h1-2,4H,3H2,(H,11,12). The first kappa shape index (κ1) is 9.19. The van der Waals surface area contributed by atoms with Crippen molar-refractivity contribution in [2.24, 2.45) is 0 Å². The van der Waals surface area contributed by atoms with Gasteiger partial charge < -0.3 is 5.11 Å². The molecule has 0 aliphatic rings. The van der Waals surface area contributed by atoms with E-state index in [9.17, 15) is 9.18 Å². The molecular formula is C8H6BrFO2. The van der Waals surface area contributed by atoms with Crippen molar-refractivity contribution in [2.45, 2.75) is 6.42 Å². The van der Waals surface area contributed by atoms with Gasteiger partial charge in [-0.05, 0) is 23.8 Å². The fraction of sp³-hybridized carbons (Fsp3) is 0.125. The van der Waals surface area contributed by atoms with E-state index < -0.39 is 11.8 Å². The zero-order valence-corrected chi connectivity index (χ0v) is 7.64. The molecule has 4 heteroatoms. The Morgan fingerprint density at radius 3 is 2.67 bits per heavy atom. The molecule has 2 nitrogen and oxygen atoms in total. The van der Waals surface area contributed by atoms with Crippen LogP contribution in [-0.2, 0) is 11.2 Å². The van der Waals surface area contributed by atoms with Gasteiger partial charge in [0.15, 0.2) is 0 Å². The molecule has 0 aliphatic carbocycles. The third kappa shape index (κ3) is 2.62. The molecule has 0 amide bonds. The maximum absolute atomic E-state index is 12.7. The molecule has 1 N–H and O–H groups in total. The van der Waals surface area contributed by atoms with Gasteiger partial charge in [-0.2, -0.15) is 0 Å². The van der Waals surface area contributed by atoms with Crippen LogP contribution in [0.2, 0.25) is 0 Å². The maximum atomic E-state index is 12.7. The van der Waals surface area contributed by atoms with Crippen molar-refractivity contribution in [2.75, 3.05) is 0 Å². The lowest BCUT2D eigenvalue weighted by molar-refractivity contribution is -0.136. The van der Waals surface area contributed by atoms with Gasteiger partial charge in [0.05, 0.1) is 6.42 Å². The summed E-state index contributed by atoms with van der Waals surface area (Å²) < 4.78 is 13.2. The van der Waals surface area contributed by atoms with Crippen LogP contribution >= 0.6 is 15.9 Å². The molecule has 0 heterocycles. The molecule has 0 unspecified atom stereocenters. The molecule has 1 aromatic rings. The highest BCUT2D eigenvalue weighted by atomic mass is 79.9. The molecule has 0 bridgehead atoms. The van der Waals surface area contributed by atoms with Crippen LogP contribution in [-0.4, -0.2) is 11.1 Å². The number of carboxylic acid groups (broad SMARTS) is 1. The molecule has 0 fully saturated rings. The fourth-order valence-corrected chi connectivity index (χ4v) is 1.40. The van der Waals surface area contributed by atoms with Gasteiger partial charge in [0, 0.05) is 4.47 Å². The lowest BCUT2D eigenvalue weighted by Gasteiger charge is -1.98. The average molecular weight is 233 g/mol. The van der Waals surface area contributed by atoms with Crippen LogP contribution in [0.3, 0.4) is 0 Å². The summed E-state index contributed by atoms with van der Waals surface area (Å²) in [6.07, 6.45) is -0.156. The largest absolute Gasteiger partial charge is 0.481 e. The topological polar surface area (TPSA) is 37.3 Å². The van der Waals surface area contributed by atoms with Gasteiger partial charge in [0.25, 0.3) is 0 Å². The summed E-state index contributed by atoms with van der Waals surface area (Å²) in [4.78, 5) is 10.3. The quantitative estimate of drug-likeness (QED) is 0.850. The molecule has 0 atom stereocenters. The first-order valence-corrected chi connectivity index (χ1v) is 4.04. The van der Waals surface area contributed by atoms with Gasteiger partial charge in [-0.3, -0.25) is 4.79 Å². The predicted molar refractivity (Wildman–Crippen MR) is 45.4 cm³/mol. The summed E-state index contributed by atoms with van der Waals surface area (Å²) >= 11 is 3.07. The molecule has 0 aromatic heterocycles. The van der Waals surface area contributed by atoms with E-state index in [0.29, 0.717) is 10.0 Å². The van der Waals surface area contributed by atoms with Gasteiger partial charge in [0.1, 0.15) is 5.82 Å². The number of halogens is 2. The predicted octanol–water partition coefficient (Wildman–Crippen LogP) is 2.22. The van der Waals surface area contributed by atoms with E-state index in [0.717, 1.165) is 0 Å². The molecule has 0 saturated carbocycles. The summed E-state index contributed by atoms with van der Waals surface area (Å²) in [7, 11) is 0. The van der Waals surface area contributed by atoms with Crippen LogP contribution in [0.4, 0.5) is 4.39 Å². The molecule has 64 valence electrons. The third-order valence-electron chi connectivity index (χ3n) is 1.28. The Labute approximate surface area is 77.2 Å². The molecule has 0 aliphatic heterocycles. The van der Waals surface area contributed by atoms with E-state index in [1.165, 1.54) is 12.1 Å². The third-order valence-corrected chi connectivity index (χ3v) is 1.74. The summed E-state index contributed by atoms with van der Waals surface area (Å²) in [5, 5.41) is 8.41. The first-order valence-electron chi connectivity index (χ1n) is 3.24. The van der Waals surface area contributed by atoms with Crippen LogP contribution in [0, 0.1) is 5.82 Å². The second kappa shape index (κ2) is 3.67. The van der Waals surface area contributed by atoms with E-state index in [1.807, 2.05) is 0 Å². The Morgan fingerprint density at radius 1 is 1.50 bits per heavy atom. The van der Waals surface area contributed by atoms with Crippen LogP contribution in [0.25, 0.3) is 0 Å². The molecular weight excluding hydrogens is 227 g/mol. The van der Waals surface area contributed by atoms with Crippen molar-refractivity contribution in [1.82, 2.24) is 0 Å². The Morgan fingerprint density at radius 2 is 2.17 bits per heavy atom. The molecule has 0 saturated heterocycles. The van der Waals surface area contributed by atoms with Crippen molar-refractivity contribution >= 4 is 21.9 Å². The van der Waals surface area contributed by atoms with Crippen molar-refractivity contribution in [1.29, 1.82) is 0 Å². The van der Waals surface area contributed by atoms with Crippen molar-refractivity contribution < 1.29 is 14.3 Å². The Bertz CT molecular complexity index is 292. The fourth-order valence-electron chi connectivity index (χ4n) is 0.888. The summed E-state index contributed by atoms with van der Waals surface area (Å²) in [5.41, 5.74) is 0.453. The van der Waals surface area contributed by atoms with E-state index in [2.05, 4.69) is 15.9 Å². The molecule has 0 radical (unpaired) electrons. The molecule has 0 spiro atoms. The Balaban J connectivity index is 2.93. The number of rotatable bonds is 2. The number of hydrogen-bond acceptors (Lipinski definition) is 1. The van der Waals surface area contributed by atoms with Crippen molar-refractivity contribution in [3.63, 3.8) is 0 Å². The SMILES string of the molecule is O=C(O)Cc1cc(F)cc(Br)c1. The monoisotopic (exact) mass is 232 g/mol. The lowest BCUT2D eigenvalue weighted by Crippen LogP contribution is -2.00. The Kier molecular flexibility index (Phi) is 2.81. The second-order valence-corrected chi connectivity index (χ2v) is 3.26. The molecule has 1 aromatic carbocycles. The number of benzene rings is 1. The van der Waals surface area contributed by atoms with E-state index in [1.54, 1.807) is 6.07 Å². The van der Waals surface area contributed by atoms with Gasteiger partial charge in [-0.25, -0.2) is 4.39 Å². The van der Waals surface area contributed by atoms with Crippen molar-refractivity contribution in [3.05, 3.63) is 34.1 Å². The van der Waals surface area contributed by atoms with E-state index in [4.69, 9.17) is 5.11 Å². The lowest BCUT2D eigenvalue weighted by atomic mass is 10.1. The van der Waals surface area contributed by atoms with Gasteiger partial charge in [-0.15, -0.1) is 0 Å². The smallest absolute Gasteiger partial charge is 0.307 e. The van der Waals surface area contributed by atoms with Crippen LogP contribution in [0.15, 0.2) is 22.7 Å². The highest BCUT2D eigenvalue weighted by Gasteiger charge is 2.02. The van der Waals surface area contributed by atoms with Crippen molar-refractivity contribution in [3.8, 4) is 0 Å². The summed E-state index contributed by atoms with van der Waals surface area (Å²) in [6.45, 7) is 0. The van der Waals surface area contributed by atoms with E-state index in [-0.39, 0.29) is 6.42 Å². The van der Waals surface area contributed by atoms with Crippen LogP contribution in [0.5, 0.6) is 0 Å². The zero-order valence-electron chi connectivity index (χ0n) is 6.05. The average Bonchev–Trinajstić information content (AvgIpc) is 1.81. The highest BCUT2D eigenvalue weighted by Crippen LogP contribution is 2.15. The highest BCUT2D eigenvalue weighted by molar-refractivity contribution is 9.10. The minimum Gasteiger partial charge on any atom is -0.481 e. The van der Waals surface area contributed by atoms with Gasteiger partial charge in [0.2, 0.25) is 0 Å². The van der Waals surface area contributed by atoms with Crippen LogP contribution < -0.4 is 0 Å². The summed E-state index contributed by atoms with van der Waals surface area (Å²) in [5.74, 6) is -1.40. The summed E-state index contributed by atoms with van der Waals surface area (Å²) in [6, 6.07) is 4.07. The molecule has 12 heavy (non-hydrogen) atoms. The number of aliphatic carboxylic acids is 1. The number of carboxylic acids is 1. The first-order chi connectivity index (χ1) is 5.58. The molecule has 1 rings (SSSR count). The Hall–Kier alpha value is -0.900. The van der Waals surface area contributed by atoms with Crippen LogP contribution in [0.1, 0.15) is 5.56 Å². The number of carbonyl (C=O) groups is 1. The zero-order chi connectivity index (χ0) is 9.14. The van der Waals surface area contributed by atoms with E-state index >= 15 is 0 Å². The maximum Gasteiger partial charge on any atom is 0.307 e. The minimum absolute atomic E-state index is 0.156. The van der Waals surface area contributed by atoms with Gasteiger partial charge in [-0.1, -0.05) is 15.9 Å². The normalized spacial score (nSPS) is 9.83. The number of hydrogen-bond donors (Lipinski definition) is 1.